The molecule has 1 nitrogen and oxygen atoms in total. The van der Waals surface area contributed by atoms with Gasteiger partial charge in [-0.2, -0.15) is 0 Å². The number of nitrogens with zero attached hydrogens (tertiary/aromatic N) is 1. The molecule has 2 aliphatic carbocycles. The second-order valence-corrected chi connectivity index (χ2v) is 6.85. The molecular formula is C19H25N. The maximum atomic E-state index is 4.44. The Morgan fingerprint density at radius 1 is 1.30 bits per heavy atom. The van der Waals surface area contributed by atoms with Gasteiger partial charge in [-0.25, -0.2) is 0 Å². The molecule has 0 aliphatic heterocycles. The lowest BCUT2D eigenvalue weighted by atomic mass is 9.54. The predicted molar refractivity (Wildman–Crippen MR) is 85.5 cm³/mol. The molecule has 3 rings (SSSR count). The molecule has 20 heavy (non-hydrogen) atoms. The van der Waals surface area contributed by atoms with E-state index >= 15 is 0 Å². The Kier molecular flexibility index (Phi) is 3.04. The Morgan fingerprint density at radius 3 is 2.55 bits per heavy atom. The molecule has 1 spiro atoms. The minimum atomic E-state index is 0.163. The van der Waals surface area contributed by atoms with Gasteiger partial charge < -0.3 is 4.90 Å². The van der Waals surface area contributed by atoms with Crippen LogP contribution in [0.1, 0.15) is 43.7 Å². The van der Waals surface area contributed by atoms with Crippen LogP contribution in [0.4, 0.5) is 0 Å². The molecule has 2 fully saturated rings. The van der Waals surface area contributed by atoms with Crippen molar-refractivity contribution in [2.45, 2.75) is 44.9 Å². The molecule has 0 atom stereocenters. The molecule has 0 radical (unpaired) electrons. The highest BCUT2D eigenvalue weighted by atomic mass is 15.1. The molecule has 1 aromatic rings. The summed E-state index contributed by atoms with van der Waals surface area (Å²) in [6.07, 6.45) is 9.61. The van der Waals surface area contributed by atoms with Crippen LogP contribution in [0.3, 0.4) is 0 Å². The van der Waals surface area contributed by atoms with Crippen molar-refractivity contribution in [3.8, 4) is 0 Å². The van der Waals surface area contributed by atoms with Crippen molar-refractivity contribution in [2.75, 3.05) is 7.05 Å². The highest BCUT2D eigenvalue weighted by molar-refractivity contribution is 5.43. The Hall–Kier alpha value is -1.50. The summed E-state index contributed by atoms with van der Waals surface area (Å²) in [5.74, 6) is 0. The summed E-state index contributed by atoms with van der Waals surface area (Å²) in [4.78, 5) is 2.21. The minimum Gasteiger partial charge on any atom is -0.354 e. The van der Waals surface area contributed by atoms with E-state index in [9.17, 15) is 0 Å². The maximum Gasteiger partial charge on any atom is 0.0360 e. The number of aryl methyl sites for hydroxylation is 1. The van der Waals surface area contributed by atoms with Gasteiger partial charge in [0.2, 0.25) is 0 Å². The van der Waals surface area contributed by atoms with E-state index in [2.05, 4.69) is 68.9 Å². The second kappa shape index (κ2) is 4.51. The van der Waals surface area contributed by atoms with E-state index in [-0.39, 0.29) is 5.41 Å². The summed E-state index contributed by atoms with van der Waals surface area (Å²) in [6.45, 7) is 8.68. The highest BCUT2D eigenvalue weighted by Gasteiger charge is 2.62. The monoisotopic (exact) mass is 267 g/mol. The SMILES string of the molecule is C=C(N(C)/C=C\C)C1(c2cccc(C)c2)CC2(CC2)C1. The minimum absolute atomic E-state index is 0.163. The van der Waals surface area contributed by atoms with Gasteiger partial charge in [0.1, 0.15) is 0 Å². The quantitative estimate of drug-likeness (QED) is 0.758. The van der Waals surface area contributed by atoms with Crippen LogP contribution in [0.15, 0.2) is 48.8 Å². The first-order chi connectivity index (χ1) is 9.51. The van der Waals surface area contributed by atoms with Crippen LogP contribution in [-0.2, 0) is 5.41 Å². The molecular weight excluding hydrogens is 242 g/mol. The van der Waals surface area contributed by atoms with E-state index in [0.717, 1.165) is 0 Å². The number of hydrogen-bond acceptors (Lipinski definition) is 1. The van der Waals surface area contributed by atoms with Gasteiger partial charge in [-0.15, -0.1) is 0 Å². The van der Waals surface area contributed by atoms with E-state index in [1.807, 2.05) is 0 Å². The lowest BCUT2D eigenvalue weighted by Crippen LogP contribution is -2.47. The standard InChI is InChI=1S/C19H25N/c1-5-11-20(4)16(3)19(13-18(14-19)9-10-18)17-8-6-7-15(2)12-17/h5-8,11-12H,3,9-10,13-14H2,1-2,4H3/b11-5-. The number of allylic oxidation sites excluding steroid dienone is 2. The third-order valence-electron chi connectivity index (χ3n) is 5.23. The largest absolute Gasteiger partial charge is 0.354 e. The van der Waals surface area contributed by atoms with E-state index in [0.29, 0.717) is 5.41 Å². The molecule has 1 heteroatoms. The molecule has 2 saturated carbocycles. The molecule has 0 amide bonds. The molecule has 106 valence electrons. The molecule has 2 aliphatic rings. The average molecular weight is 267 g/mol. The van der Waals surface area contributed by atoms with E-state index in [1.165, 1.54) is 42.5 Å². The summed E-state index contributed by atoms with van der Waals surface area (Å²) in [5, 5.41) is 0. The third kappa shape index (κ3) is 2.00. The zero-order valence-electron chi connectivity index (χ0n) is 12.9. The Bertz CT molecular complexity index is 555. The molecule has 0 aromatic heterocycles. The van der Waals surface area contributed by atoms with Crippen molar-refractivity contribution >= 4 is 0 Å². The topological polar surface area (TPSA) is 3.24 Å². The Morgan fingerprint density at radius 2 is 2.00 bits per heavy atom. The lowest BCUT2D eigenvalue weighted by molar-refractivity contribution is 0.131. The van der Waals surface area contributed by atoms with Gasteiger partial charge in [-0.05, 0) is 56.7 Å². The fourth-order valence-electron chi connectivity index (χ4n) is 3.93. The highest BCUT2D eigenvalue weighted by Crippen LogP contribution is 2.71. The number of rotatable bonds is 4. The van der Waals surface area contributed by atoms with Crippen LogP contribution in [0.25, 0.3) is 0 Å². The van der Waals surface area contributed by atoms with E-state index in [4.69, 9.17) is 0 Å². The van der Waals surface area contributed by atoms with Crippen LogP contribution < -0.4 is 0 Å². The van der Waals surface area contributed by atoms with Crippen molar-refractivity contribution in [3.63, 3.8) is 0 Å². The molecule has 0 saturated heterocycles. The second-order valence-electron chi connectivity index (χ2n) is 6.85. The van der Waals surface area contributed by atoms with Crippen LogP contribution in [0.2, 0.25) is 0 Å². The zero-order chi connectivity index (χ0) is 14.4. The van der Waals surface area contributed by atoms with Gasteiger partial charge in [0, 0.05) is 18.2 Å². The first-order valence-corrected chi connectivity index (χ1v) is 7.64. The van der Waals surface area contributed by atoms with Gasteiger partial charge >= 0.3 is 0 Å². The van der Waals surface area contributed by atoms with Gasteiger partial charge in [0.25, 0.3) is 0 Å². The van der Waals surface area contributed by atoms with Crippen molar-refractivity contribution in [2.24, 2.45) is 5.41 Å². The maximum absolute atomic E-state index is 4.44. The number of likely N-dealkylation sites (N-methyl/N-ethyl adjacent to an activating group) is 1. The summed E-state index contributed by atoms with van der Waals surface area (Å²) in [6, 6.07) is 9.01. The molecule has 1 aromatic carbocycles. The first kappa shape index (κ1) is 13.5. The van der Waals surface area contributed by atoms with Crippen LogP contribution >= 0.6 is 0 Å². The van der Waals surface area contributed by atoms with Gasteiger partial charge in [0.05, 0.1) is 0 Å². The fraction of sp³-hybridized carbons (Fsp3) is 0.474. The molecule has 0 bridgehead atoms. The molecule has 0 N–H and O–H groups in total. The molecule has 0 heterocycles. The van der Waals surface area contributed by atoms with Crippen LogP contribution in [0, 0.1) is 12.3 Å². The smallest absolute Gasteiger partial charge is 0.0360 e. The van der Waals surface area contributed by atoms with Gasteiger partial charge in [-0.3, -0.25) is 0 Å². The lowest BCUT2D eigenvalue weighted by Gasteiger charge is -2.52. The van der Waals surface area contributed by atoms with Crippen molar-refractivity contribution in [1.82, 2.24) is 4.90 Å². The van der Waals surface area contributed by atoms with Crippen molar-refractivity contribution in [1.29, 1.82) is 0 Å². The average Bonchev–Trinajstić information content (AvgIpc) is 3.16. The summed E-state index contributed by atoms with van der Waals surface area (Å²) in [7, 11) is 2.12. The fourth-order valence-corrected chi connectivity index (χ4v) is 3.93. The van der Waals surface area contributed by atoms with E-state index in [1.54, 1.807) is 0 Å². The Balaban J connectivity index is 1.95. The van der Waals surface area contributed by atoms with Gasteiger partial charge in [-0.1, -0.05) is 42.5 Å². The first-order valence-electron chi connectivity index (χ1n) is 7.64. The van der Waals surface area contributed by atoms with Gasteiger partial charge in [0.15, 0.2) is 0 Å². The van der Waals surface area contributed by atoms with Crippen LogP contribution in [-0.4, -0.2) is 11.9 Å². The number of benzene rings is 1. The summed E-state index contributed by atoms with van der Waals surface area (Å²) < 4.78 is 0. The van der Waals surface area contributed by atoms with Crippen molar-refractivity contribution < 1.29 is 0 Å². The predicted octanol–water partition coefficient (Wildman–Crippen LogP) is 4.79. The zero-order valence-corrected chi connectivity index (χ0v) is 12.9. The van der Waals surface area contributed by atoms with E-state index < -0.39 is 0 Å². The van der Waals surface area contributed by atoms with Crippen LogP contribution in [0.5, 0.6) is 0 Å². The number of hydrogen-bond donors (Lipinski definition) is 0. The Labute approximate surface area is 123 Å². The van der Waals surface area contributed by atoms with Crippen molar-refractivity contribution in [3.05, 3.63) is 59.9 Å². The molecule has 0 unspecified atom stereocenters. The normalized spacial score (nSPS) is 21.8. The third-order valence-corrected chi connectivity index (χ3v) is 5.23. The summed E-state index contributed by atoms with van der Waals surface area (Å²) >= 11 is 0. The summed E-state index contributed by atoms with van der Waals surface area (Å²) in [5.41, 5.74) is 4.87.